The van der Waals surface area contributed by atoms with Crippen molar-refractivity contribution in [2.45, 2.75) is 13.3 Å². The number of anilines is 1. The maximum atomic E-state index is 5.69. The molecular weight excluding hydrogens is 218 g/mol. The lowest BCUT2D eigenvalue weighted by molar-refractivity contribution is 0.144. The largest absolute Gasteiger partial charge is 0.399 e. The number of hydrogen-bond donors (Lipinski definition) is 1. The van der Waals surface area contributed by atoms with Crippen molar-refractivity contribution < 1.29 is 9.26 Å². The van der Waals surface area contributed by atoms with Crippen LogP contribution in [-0.2, 0) is 11.2 Å². The topological polar surface area (TPSA) is 74.2 Å². The molecule has 0 aliphatic heterocycles. The van der Waals surface area contributed by atoms with E-state index in [1.807, 2.05) is 31.2 Å². The van der Waals surface area contributed by atoms with E-state index < -0.39 is 0 Å². The smallest absolute Gasteiger partial charge is 0.229 e. The van der Waals surface area contributed by atoms with Crippen LogP contribution >= 0.6 is 0 Å². The molecule has 0 fully saturated rings. The Balaban J connectivity index is 2.07. The van der Waals surface area contributed by atoms with Crippen molar-refractivity contribution in [1.29, 1.82) is 0 Å². The van der Waals surface area contributed by atoms with Crippen molar-refractivity contribution in [3.8, 4) is 11.4 Å². The highest BCUT2D eigenvalue weighted by Gasteiger charge is 2.08. The molecule has 0 amide bonds. The van der Waals surface area contributed by atoms with Crippen LogP contribution in [0.2, 0.25) is 0 Å². The Bertz CT molecular complexity index is 482. The minimum atomic E-state index is 0.559. The van der Waals surface area contributed by atoms with Crippen LogP contribution < -0.4 is 5.73 Å². The Kier molecular flexibility index (Phi) is 3.72. The van der Waals surface area contributed by atoms with Gasteiger partial charge in [0.25, 0.3) is 0 Å². The molecule has 0 saturated heterocycles. The molecule has 2 aromatic rings. The molecule has 0 saturated carbocycles. The van der Waals surface area contributed by atoms with Crippen LogP contribution in [0.4, 0.5) is 5.69 Å². The Morgan fingerprint density at radius 3 is 3.06 bits per heavy atom. The number of aromatic nitrogens is 2. The molecule has 0 radical (unpaired) electrons. The normalized spacial score (nSPS) is 10.6. The van der Waals surface area contributed by atoms with Gasteiger partial charge in [0.15, 0.2) is 0 Å². The lowest BCUT2D eigenvalue weighted by Gasteiger charge is -1.96. The molecule has 5 heteroatoms. The summed E-state index contributed by atoms with van der Waals surface area (Å²) in [4.78, 5) is 4.28. The van der Waals surface area contributed by atoms with E-state index in [4.69, 9.17) is 15.0 Å². The van der Waals surface area contributed by atoms with Crippen molar-refractivity contribution in [3.05, 3.63) is 30.2 Å². The van der Waals surface area contributed by atoms with Crippen molar-refractivity contribution >= 4 is 5.69 Å². The Labute approximate surface area is 99.6 Å². The second-order valence-corrected chi connectivity index (χ2v) is 3.58. The second kappa shape index (κ2) is 5.45. The molecule has 1 heterocycles. The monoisotopic (exact) mass is 233 g/mol. The number of hydrogen-bond acceptors (Lipinski definition) is 5. The molecule has 0 atom stereocenters. The van der Waals surface area contributed by atoms with E-state index in [1.165, 1.54) is 0 Å². The molecule has 17 heavy (non-hydrogen) atoms. The summed E-state index contributed by atoms with van der Waals surface area (Å²) in [5.74, 6) is 1.14. The lowest BCUT2D eigenvalue weighted by Crippen LogP contribution is -1.97. The molecule has 1 aromatic heterocycles. The predicted molar refractivity (Wildman–Crippen MR) is 64.3 cm³/mol. The van der Waals surface area contributed by atoms with Crippen LogP contribution in [0.25, 0.3) is 11.4 Å². The van der Waals surface area contributed by atoms with Crippen LogP contribution in [-0.4, -0.2) is 23.4 Å². The maximum absolute atomic E-state index is 5.69. The van der Waals surface area contributed by atoms with Gasteiger partial charge >= 0.3 is 0 Å². The first kappa shape index (κ1) is 11.6. The van der Waals surface area contributed by atoms with Crippen molar-refractivity contribution in [2.24, 2.45) is 0 Å². The van der Waals surface area contributed by atoms with Gasteiger partial charge in [0.1, 0.15) is 0 Å². The zero-order chi connectivity index (χ0) is 12.1. The first-order chi connectivity index (χ1) is 8.29. The minimum absolute atomic E-state index is 0.559. The van der Waals surface area contributed by atoms with Gasteiger partial charge in [-0.05, 0) is 19.1 Å². The SMILES string of the molecule is CCOCCc1nc(-c2cccc(N)c2)no1. The van der Waals surface area contributed by atoms with Crippen molar-refractivity contribution in [2.75, 3.05) is 18.9 Å². The minimum Gasteiger partial charge on any atom is -0.399 e. The fourth-order valence-electron chi connectivity index (χ4n) is 1.46. The first-order valence-electron chi connectivity index (χ1n) is 5.56. The number of nitrogen functional groups attached to an aromatic ring is 1. The molecule has 0 aliphatic carbocycles. The van der Waals surface area contributed by atoms with Crippen LogP contribution in [0.15, 0.2) is 28.8 Å². The highest BCUT2D eigenvalue weighted by Crippen LogP contribution is 2.18. The van der Waals surface area contributed by atoms with E-state index in [9.17, 15) is 0 Å². The summed E-state index contributed by atoms with van der Waals surface area (Å²) in [6.45, 7) is 3.23. The Morgan fingerprint density at radius 2 is 2.29 bits per heavy atom. The van der Waals surface area contributed by atoms with Crippen LogP contribution in [0.1, 0.15) is 12.8 Å². The van der Waals surface area contributed by atoms with Crippen molar-refractivity contribution in [1.82, 2.24) is 10.1 Å². The van der Waals surface area contributed by atoms with Crippen LogP contribution in [0.5, 0.6) is 0 Å². The van der Waals surface area contributed by atoms with E-state index in [-0.39, 0.29) is 0 Å². The van der Waals surface area contributed by atoms with Gasteiger partial charge in [-0.25, -0.2) is 0 Å². The molecule has 1 aromatic carbocycles. The highest BCUT2D eigenvalue weighted by molar-refractivity contribution is 5.60. The average Bonchev–Trinajstić information content (AvgIpc) is 2.78. The summed E-state index contributed by atoms with van der Waals surface area (Å²) in [6.07, 6.45) is 0.628. The summed E-state index contributed by atoms with van der Waals surface area (Å²) in [7, 11) is 0. The van der Waals surface area contributed by atoms with E-state index in [2.05, 4.69) is 10.1 Å². The zero-order valence-corrected chi connectivity index (χ0v) is 9.72. The van der Waals surface area contributed by atoms with E-state index in [0.29, 0.717) is 37.0 Å². The number of rotatable bonds is 5. The van der Waals surface area contributed by atoms with Crippen LogP contribution in [0, 0.1) is 0 Å². The molecule has 0 unspecified atom stereocenters. The standard InChI is InChI=1S/C12H15N3O2/c1-2-16-7-6-11-14-12(15-17-11)9-4-3-5-10(13)8-9/h3-5,8H,2,6-7,13H2,1H3. The van der Waals surface area contributed by atoms with Gasteiger partial charge in [-0.3, -0.25) is 0 Å². The number of ether oxygens (including phenoxy) is 1. The van der Waals surface area contributed by atoms with Crippen molar-refractivity contribution in [3.63, 3.8) is 0 Å². The lowest BCUT2D eigenvalue weighted by atomic mass is 10.2. The zero-order valence-electron chi connectivity index (χ0n) is 9.72. The summed E-state index contributed by atoms with van der Waals surface area (Å²) in [5, 5.41) is 3.91. The maximum Gasteiger partial charge on any atom is 0.229 e. The Morgan fingerprint density at radius 1 is 1.41 bits per heavy atom. The van der Waals surface area contributed by atoms with E-state index in [1.54, 1.807) is 0 Å². The number of nitrogens with zero attached hydrogens (tertiary/aromatic N) is 2. The first-order valence-corrected chi connectivity index (χ1v) is 5.56. The molecular formula is C12H15N3O2. The molecule has 5 nitrogen and oxygen atoms in total. The molecule has 0 bridgehead atoms. The third kappa shape index (κ3) is 3.04. The summed E-state index contributed by atoms with van der Waals surface area (Å²) >= 11 is 0. The highest BCUT2D eigenvalue weighted by atomic mass is 16.5. The number of benzene rings is 1. The fourth-order valence-corrected chi connectivity index (χ4v) is 1.46. The van der Waals surface area contributed by atoms with Gasteiger partial charge in [0, 0.05) is 17.9 Å². The molecule has 90 valence electrons. The Hall–Kier alpha value is -1.88. The number of nitrogens with two attached hydrogens (primary N) is 1. The summed E-state index contributed by atoms with van der Waals surface area (Å²) in [5.41, 5.74) is 7.24. The second-order valence-electron chi connectivity index (χ2n) is 3.58. The molecule has 2 rings (SSSR count). The fraction of sp³-hybridized carbons (Fsp3) is 0.333. The predicted octanol–water partition coefficient (Wildman–Crippen LogP) is 1.90. The molecule has 0 aliphatic rings. The van der Waals surface area contributed by atoms with Crippen LogP contribution in [0.3, 0.4) is 0 Å². The van der Waals surface area contributed by atoms with Gasteiger partial charge in [-0.15, -0.1) is 0 Å². The third-order valence-electron chi connectivity index (χ3n) is 2.28. The molecule has 0 spiro atoms. The quantitative estimate of drug-likeness (QED) is 0.630. The van der Waals surface area contributed by atoms with Gasteiger partial charge < -0.3 is 15.0 Å². The van der Waals surface area contributed by atoms with E-state index >= 15 is 0 Å². The van der Waals surface area contributed by atoms with Gasteiger partial charge in [-0.1, -0.05) is 17.3 Å². The third-order valence-corrected chi connectivity index (χ3v) is 2.28. The van der Waals surface area contributed by atoms with Gasteiger partial charge in [0.05, 0.1) is 13.0 Å². The van der Waals surface area contributed by atoms with Gasteiger partial charge in [0.2, 0.25) is 11.7 Å². The average molecular weight is 233 g/mol. The molecule has 2 N–H and O–H groups in total. The van der Waals surface area contributed by atoms with Gasteiger partial charge in [-0.2, -0.15) is 4.98 Å². The van der Waals surface area contributed by atoms with E-state index in [0.717, 1.165) is 5.56 Å². The summed E-state index contributed by atoms with van der Waals surface area (Å²) < 4.78 is 10.3. The summed E-state index contributed by atoms with van der Waals surface area (Å²) in [6, 6.07) is 7.39.